The van der Waals surface area contributed by atoms with Crippen LogP contribution in [0.2, 0.25) is 0 Å². The number of fused-ring (bicyclic) bond motifs is 1. The minimum atomic E-state index is 0.518. The molecule has 3 nitrogen and oxygen atoms in total. The highest BCUT2D eigenvalue weighted by atomic mass is 16.5. The van der Waals surface area contributed by atoms with Crippen LogP contribution in [-0.2, 0) is 4.74 Å². The molecule has 1 saturated heterocycles. The van der Waals surface area contributed by atoms with Gasteiger partial charge in [-0.3, -0.25) is 4.90 Å². The molecule has 2 fully saturated rings. The van der Waals surface area contributed by atoms with Gasteiger partial charge in [-0.05, 0) is 39.2 Å². The lowest BCUT2D eigenvalue weighted by atomic mass is 9.85. The lowest BCUT2D eigenvalue weighted by Crippen LogP contribution is -2.43. The Hall–Kier alpha value is -0.120. The van der Waals surface area contributed by atoms with E-state index < -0.39 is 0 Å². The highest BCUT2D eigenvalue weighted by Crippen LogP contribution is 2.33. The normalized spacial score (nSPS) is 34.9. The van der Waals surface area contributed by atoms with Gasteiger partial charge in [-0.1, -0.05) is 12.8 Å². The van der Waals surface area contributed by atoms with Gasteiger partial charge in [0.25, 0.3) is 0 Å². The maximum atomic E-state index is 5.22. The summed E-state index contributed by atoms with van der Waals surface area (Å²) >= 11 is 0. The molecule has 100 valence electrons. The van der Waals surface area contributed by atoms with E-state index in [1.54, 1.807) is 7.11 Å². The van der Waals surface area contributed by atoms with Gasteiger partial charge in [-0.2, -0.15) is 0 Å². The van der Waals surface area contributed by atoms with Crippen molar-refractivity contribution in [2.45, 2.75) is 57.2 Å². The first-order chi connectivity index (χ1) is 8.20. The summed E-state index contributed by atoms with van der Waals surface area (Å²) in [6.07, 6.45) is 7.11. The molecule has 1 aliphatic heterocycles. The monoisotopic (exact) mass is 240 g/mol. The number of methoxy groups -OCH3 is 1. The van der Waals surface area contributed by atoms with Crippen molar-refractivity contribution in [3.8, 4) is 0 Å². The molecule has 1 aliphatic carbocycles. The minimum Gasteiger partial charge on any atom is -0.383 e. The maximum Gasteiger partial charge on any atom is 0.0615 e. The van der Waals surface area contributed by atoms with E-state index >= 15 is 0 Å². The predicted octanol–water partition coefficient (Wildman–Crippen LogP) is 1.87. The molecule has 17 heavy (non-hydrogen) atoms. The second-order valence-corrected chi connectivity index (χ2v) is 5.99. The van der Waals surface area contributed by atoms with Crippen LogP contribution in [0.4, 0.5) is 0 Å². The Morgan fingerprint density at radius 2 is 2.12 bits per heavy atom. The molecule has 1 N–H and O–H groups in total. The Morgan fingerprint density at radius 1 is 1.35 bits per heavy atom. The predicted molar refractivity (Wildman–Crippen MR) is 71.3 cm³/mol. The Morgan fingerprint density at radius 3 is 2.82 bits per heavy atom. The van der Waals surface area contributed by atoms with Gasteiger partial charge in [0.2, 0.25) is 0 Å². The molecule has 1 saturated carbocycles. The van der Waals surface area contributed by atoms with Crippen LogP contribution in [0.1, 0.15) is 39.0 Å². The third-order valence-electron chi connectivity index (χ3n) is 4.61. The lowest BCUT2D eigenvalue weighted by Gasteiger charge is -2.27. The Labute approximate surface area is 106 Å². The number of nitrogens with one attached hydrogen (secondary N) is 1. The molecule has 0 aromatic carbocycles. The highest BCUT2D eigenvalue weighted by molar-refractivity contribution is 4.94. The van der Waals surface area contributed by atoms with Crippen LogP contribution in [0, 0.1) is 5.92 Å². The van der Waals surface area contributed by atoms with E-state index in [1.165, 1.54) is 32.1 Å². The summed E-state index contributed by atoms with van der Waals surface area (Å²) in [6.45, 7) is 4.24. The van der Waals surface area contributed by atoms with Crippen molar-refractivity contribution in [2.75, 3.05) is 27.3 Å². The number of rotatable bonds is 5. The molecule has 1 heterocycles. The molecule has 0 spiro atoms. The zero-order valence-corrected chi connectivity index (χ0v) is 11.6. The number of ether oxygens (including phenoxy) is 1. The summed E-state index contributed by atoms with van der Waals surface area (Å²) in [7, 11) is 4.00. The molecule has 3 heteroatoms. The second-order valence-electron chi connectivity index (χ2n) is 5.99. The molecule has 0 amide bonds. The minimum absolute atomic E-state index is 0.518. The number of hydrogen-bond donors (Lipinski definition) is 1. The van der Waals surface area contributed by atoms with E-state index in [4.69, 9.17) is 4.74 Å². The first-order valence-electron chi connectivity index (χ1n) is 7.16. The van der Waals surface area contributed by atoms with E-state index in [0.717, 1.165) is 25.1 Å². The van der Waals surface area contributed by atoms with Gasteiger partial charge in [0.05, 0.1) is 6.61 Å². The van der Waals surface area contributed by atoms with E-state index in [1.807, 2.05) is 0 Å². The van der Waals surface area contributed by atoms with Gasteiger partial charge in [0.15, 0.2) is 0 Å². The molecule has 4 atom stereocenters. The topological polar surface area (TPSA) is 24.5 Å². The smallest absolute Gasteiger partial charge is 0.0615 e. The fourth-order valence-corrected chi connectivity index (χ4v) is 3.47. The first-order valence-corrected chi connectivity index (χ1v) is 7.16. The first kappa shape index (κ1) is 13.3. The van der Waals surface area contributed by atoms with Crippen molar-refractivity contribution < 1.29 is 4.74 Å². The van der Waals surface area contributed by atoms with Gasteiger partial charge in [-0.15, -0.1) is 0 Å². The van der Waals surface area contributed by atoms with Crippen molar-refractivity contribution in [2.24, 2.45) is 5.92 Å². The van der Waals surface area contributed by atoms with Crippen LogP contribution in [0.15, 0.2) is 0 Å². The summed E-state index contributed by atoms with van der Waals surface area (Å²) in [5.41, 5.74) is 0. The Bertz CT molecular complexity index is 220. The number of hydrogen-bond acceptors (Lipinski definition) is 3. The van der Waals surface area contributed by atoms with Gasteiger partial charge in [0.1, 0.15) is 0 Å². The molecular formula is C14H28N2O. The Balaban J connectivity index is 1.76. The van der Waals surface area contributed by atoms with E-state index in [-0.39, 0.29) is 0 Å². The number of likely N-dealkylation sites (N-methyl/N-ethyl adjacent to an activating group) is 1. The fourth-order valence-electron chi connectivity index (χ4n) is 3.47. The standard InChI is InChI=1S/C14H28N2O/c1-11(10-17-3)16(2)9-13-8-12-6-4-5-7-14(12)15-13/h11-15H,4-10H2,1-3H3. The van der Waals surface area contributed by atoms with Crippen LogP contribution in [0.25, 0.3) is 0 Å². The van der Waals surface area contributed by atoms with E-state index in [2.05, 4.69) is 24.2 Å². The molecule has 0 radical (unpaired) electrons. The highest BCUT2D eigenvalue weighted by Gasteiger charge is 2.35. The van der Waals surface area contributed by atoms with Crippen LogP contribution >= 0.6 is 0 Å². The summed E-state index contributed by atoms with van der Waals surface area (Å²) in [4.78, 5) is 2.43. The molecule has 4 unspecified atom stereocenters. The van der Waals surface area contributed by atoms with Crippen molar-refractivity contribution in [1.29, 1.82) is 0 Å². The third kappa shape index (κ3) is 3.43. The van der Waals surface area contributed by atoms with Gasteiger partial charge in [0, 0.05) is 31.8 Å². The van der Waals surface area contributed by atoms with Crippen LogP contribution in [-0.4, -0.2) is 50.3 Å². The largest absolute Gasteiger partial charge is 0.383 e. The lowest BCUT2D eigenvalue weighted by molar-refractivity contribution is 0.110. The average Bonchev–Trinajstić information content (AvgIpc) is 2.71. The van der Waals surface area contributed by atoms with Crippen LogP contribution < -0.4 is 5.32 Å². The summed E-state index contributed by atoms with van der Waals surface area (Å²) in [6, 6.07) is 2.04. The molecule has 0 aromatic rings. The second kappa shape index (κ2) is 6.17. The molecule has 2 aliphatic rings. The summed E-state index contributed by atoms with van der Waals surface area (Å²) < 4.78 is 5.22. The van der Waals surface area contributed by atoms with Crippen molar-refractivity contribution >= 4 is 0 Å². The zero-order chi connectivity index (χ0) is 12.3. The van der Waals surface area contributed by atoms with Gasteiger partial charge >= 0.3 is 0 Å². The number of nitrogens with zero attached hydrogens (tertiary/aromatic N) is 1. The quantitative estimate of drug-likeness (QED) is 0.794. The van der Waals surface area contributed by atoms with Crippen LogP contribution in [0.5, 0.6) is 0 Å². The Kier molecular flexibility index (Phi) is 4.83. The van der Waals surface area contributed by atoms with E-state index in [0.29, 0.717) is 12.1 Å². The van der Waals surface area contributed by atoms with Crippen molar-refractivity contribution in [3.63, 3.8) is 0 Å². The zero-order valence-electron chi connectivity index (χ0n) is 11.6. The van der Waals surface area contributed by atoms with Gasteiger partial charge < -0.3 is 10.1 Å². The summed E-state index contributed by atoms with van der Waals surface area (Å²) in [5.74, 6) is 0.958. The SMILES string of the molecule is COCC(C)N(C)CC1CC2CCCCC2N1. The fraction of sp³-hybridized carbons (Fsp3) is 1.00. The van der Waals surface area contributed by atoms with Crippen molar-refractivity contribution in [3.05, 3.63) is 0 Å². The molecule has 2 rings (SSSR count). The molecular weight excluding hydrogens is 212 g/mol. The summed E-state index contributed by atoms with van der Waals surface area (Å²) in [5, 5.41) is 3.84. The average molecular weight is 240 g/mol. The van der Waals surface area contributed by atoms with Crippen molar-refractivity contribution in [1.82, 2.24) is 10.2 Å². The van der Waals surface area contributed by atoms with E-state index in [9.17, 15) is 0 Å². The van der Waals surface area contributed by atoms with Crippen LogP contribution in [0.3, 0.4) is 0 Å². The van der Waals surface area contributed by atoms with Gasteiger partial charge in [-0.25, -0.2) is 0 Å². The molecule has 0 bridgehead atoms. The molecule has 0 aromatic heterocycles. The maximum absolute atomic E-state index is 5.22. The third-order valence-corrected chi connectivity index (χ3v) is 4.61.